The van der Waals surface area contributed by atoms with Gasteiger partial charge in [-0.05, 0) is 29.8 Å². The normalized spacial score (nSPS) is 10.7. The Morgan fingerprint density at radius 3 is 2.65 bits per heavy atom. The first-order chi connectivity index (χ1) is 14.8. The third-order valence-corrected chi connectivity index (χ3v) is 4.30. The maximum atomic E-state index is 12.8. The fourth-order valence-electron chi connectivity index (χ4n) is 2.90. The number of nitro benzene ring substituents is 1. The fourth-order valence-corrected chi connectivity index (χ4v) is 2.90. The van der Waals surface area contributed by atoms with Gasteiger partial charge in [0.15, 0.2) is 11.5 Å². The number of carbonyl (C=O) groups is 1. The Kier molecular flexibility index (Phi) is 6.38. The van der Waals surface area contributed by atoms with E-state index in [-0.39, 0.29) is 35.0 Å². The number of benzene rings is 2. The molecule has 0 saturated heterocycles. The average molecular weight is 433 g/mol. The van der Waals surface area contributed by atoms with Crippen molar-refractivity contribution in [3.8, 4) is 17.2 Å². The van der Waals surface area contributed by atoms with Crippen LogP contribution in [0.3, 0.4) is 0 Å². The molecule has 162 valence electrons. The first-order valence-electron chi connectivity index (χ1n) is 8.80. The summed E-state index contributed by atoms with van der Waals surface area (Å²) in [6, 6.07) is 8.32. The van der Waals surface area contributed by atoms with E-state index in [0.29, 0.717) is 5.56 Å². The SMILES string of the molecule is COc1cc(CN(C)C(=O)c2ccc(-n3cncn3)c([N+](=O)[O-])c2)ccc1OC(F)F. The van der Waals surface area contributed by atoms with Gasteiger partial charge in [-0.1, -0.05) is 6.07 Å². The van der Waals surface area contributed by atoms with Crippen LogP contribution in [0.25, 0.3) is 5.69 Å². The van der Waals surface area contributed by atoms with E-state index in [1.165, 1.54) is 66.7 Å². The van der Waals surface area contributed by atoms with Crippen LogP contribution >= 0.6 is 0 Å². The number of carbonyl (C=O) groups excluding carboxylic acids is 1. The summed E-state index contributed by atoms with van der Waals surface area (Å²) in [7, 11) is 2.82. The molecule has 0 N–H and O–H groups in total. The van der Waals surface area contributed by atoms with Gasteiger partial charge in [0.25, 0.3) is 11.6 Å². The molecule has 3 rings (SSSR count). The Morgan fingerprint density at radius 2 is 2.03 bits per heavy atom. The van der Waals surface area contributed by atoms with E-state index in [1.807, 2.05) is 0 Å². The molecule has 0 spiro atoms. The third kappa shape index (κ3) is 4.91. The molecule has 1 aromatic heterocycles. The average Bonchev–Trinajstić information content (AvgIpc) is 3.28. The summed E-state index contributed by atoms with van der Waals surface area (Å²) in [5.41, 5.74) is 0.548. The van der Waals surface area contributed by atoms with Crippen molar-refractivity contribution in [2.24, 2.45) is 0 Å². The first-order valence-corrected chi connectivity index (χ1v) is 8.80. The van der Waals surface area contributed by atoms with E-state index >= 15 is 0 Å². The van der Waals surface area contributed by atoms with Crippen LogP contribution < -0.4 is 9.47 Å². The summed E-state index contributed by atoms with van der Waals surface area (Å²) < 4.78 is 35.6. The van der Waals surface area contributed by atoms with Gasteiger partial charge in [0.05, 0.1) is 12.0 Å². The molecule has 0 aliphatic carbocycles. The summed E-state index contributed by atoms with van der Waals surface area (Å²) in [6.45, 7) is -2.90. The lowest BCUT2D eigenvalue weighted by atomic mass is 10.1. The van der Waals surface area contributed by atoms with Crippen molar-refractivity contribution in [1.29, 1.82) is 0 Å². The van der Waals surface area contributed by atoms with Gasteiger partial charge in [-0.2, -0.15) is 13.9 Å². The largest absolute Gasteiger partial charge is 0.493 e. The minimum Gasteiger partial charge on any atom is -0.493 e. The highest BCUT2D eigenvalue weighted by molar-refractivity contribution is 5.95. The predicted molar refractivity (Wildman–Crippen MR) is 103 cm³/mol. The fraction of sp³-hybridized carbons (Fsp3) is 0.211. The van der Waals surface area contributed by atoms with Gasteiger partial charge < -0.3 is 14.4 Å². The second-order valence-electron chi connectivity index (χ2n) is 6.33. The van der Waals surface area contributed by atoms with E-state index in [9.17, 15) is 23.7 Å². The lowest BCUT2D eigenvalue weighted by Crippen LogP contribution is -2.26. The molecule has 0 aliphatic heterocycles. The number of amides is 1. The molecule has 1 heterocycles. The summed E-state index contributed by atoms with van der Waals surface area (Å²) in [5.74, 6) is -0.513. The van der Waals surface area contributed by atoms with Crippen LogP contribution in [0.2, 0.25) is 0 Å². The number of alkyl halides is 2. The molecule has 0 radical (unpaired) electrons. The van der Waals surface area contributed by atoms with Crippen LogP contribution in [0, 0.1) is 10.1 Å². The maximum absolute atomic E-state index is 12.8. The highest BCUT2D eigenvalue weighted by Crippen LogP contribution is 2.30. The first kappa shape index (κ1) is 21.6. The van der Waals surface area contributed by atoms with Crippen molar-refractivity contribution in [2.75, 3.05) is 14.2 Å². The second kappa shape index (κ2) is 9.15. The number of rotatable bonds is 8. The Bertz CT molecular complexity index is 1090. The summed E-state index contributed by atoms with van der Waals surface area (Å²) in [5, 5.41) is 15.3. The number of ether oxygens (including phenoxy) is 2. The molecule has 31 heavy (non-hydrogen) atoms. The van der Waals surface area contributed by atoms with Gasteiger partial charge in [-0.15, -0.1) is 0 Å². The van der Waals surface area contributed by atoms with Crippen molar-refractivity contribution in [3.63, 3.8) is 0 Å². The zero-order valence-electron chi connectivity index (χ0n) is 16.4. The predicted octanol–water partition coefficient (Wildman–Crippen LogP) is 3.06. The van der Waals surface area contributed by atoms with Crippen LogP contribution in [-0.2, 0) is 6.54 Å². The number of halogens is 2. The highest BCUT2D eigenvalue weighted by Gasteiger charge is 2.21. The molecule has 10 nitrogen and oxygen atoms in total. The Morgan fingerprint density at radius 1 is 1.26 bits per heavy atom. The van der Waals surface area contributed by atoms with E-state index < -0.39 is 17.4 Å². The standard InChI is InChI=1S/C19H17F2N5O5/c1-24(9-12-3-6-16(31-19(20)21)17(7-12)30-2)18(27)13-4-5-14(15(8-13)26(28)29)25-11-22-10-23-25/h3-8,10-11,19H,9H2,1-2H3. The number of methoxy groups -OCH3 is 1. The molecule has 3 aromatic rings. The number of nitro groups is 1. The monoisotopic (exact) mass is 433 g/mol. The quantitative estimate of drug-likeness (QED) is 0.396. The smallest absolute Gasteiger partial charge is 0.387 e. The van der Waals surface area contributed by atoms with Crippen LogP contribution in [0.15, 0.2) is 49.1 Å². The van der Waals surface area contributed by atoms with Gasteiger partial charge in [-0.3, -0.25) is 14.9 Å². The Labute approximate surface area is 174 Å². The molecule has 1 amide bonds. The Balaban J connectivity index is 1.81. The molecule has 12 heteroatoms. The second-order valence-corrected chi connectivity index (χ2v) is 6.33. The molecule has 0 unspecified atom stereocenters. The topological polar surface area (TPSA) is 113 Å². The van der Waals surface area contributed by atoms with Crippen molar-refractivity contribution in [2.45, 2.75) is 13.2 Å². The molecular formula is C19H17F2N5O5. The van der Waals surface area contributed by atoms with Gasteiger partial charge in [0.2, 0.25) is 0 Å². The lowest BCUT2D eigenvalue weighted by Gasteiger charge is -2.19. The van der Waals surface area contributed by atoms with Crippen molar-refractivity contribution >= 4 is 11.6 Å². The van der Waals surface area contributed by atoms with Crippen LogP contribution in [0.1, 0.15) is 15.9 Å². The van der Waals surface area contributed by atoms with Crippen molar-refractivity contribution in [1.82, 2.24) is 19.7 Å². The van der Waals surface area contributed by atoms with E-state index in [4.69, 9.17) is 4.74 Å². The molecule has 0 aliphatic rings. The summed E-state index contributed by atoms with van der Waals surface area (Å²) in [6.07, 6.45) is 2.55. The maximum Gasteiger partial charge on any atom is 0.387 e. The molecule has 2 aromatic carbocycles. The number of nitrogens with zero attached hydrogens (tertiary/aromatic N) is 5. The van der Waals surface area contributed by atoms with Crippen LogP contribution in [-0.4, -0.2) is 51.3 Å². The summed E-state index contributed by atoms with van der Waals surface area (Å²) >= 11 is 0. The van der Waals surface area contributed by atoms with Gasteiger partial charge in [0.1, 0.15) is 18.3 Å². The molecular weight excluding hydrogens is 416 g/mol. The van der Waals surface area contributed by atoms with Crippen molar-refractivity contribution < 1.29 is 28.0 Å². The molecule has 0 atom stereocenters. The van der Waals surface area contributed by atoms with E-state index in [2.05, 4.69) is 14.8 Å². The minimum absolute atomic E-state index is 0.0893. The van der Waals surface area contributed by atoms with Gasteiger partial charge in [-0.25, -0.2) is 9.67 Å². The molecule has 0 bridgehead atoms. The number of hydrogen-bond donors (Lipinski definition) is 0. The van der Waals surface area contributed by atoms with E-state index in [0.717, 1.165) is 6.07 Å². The van der Waals surface area contributed by atoms with Crippen molar-refractivity contribution in [3.05, 3.63) is 70.3 Å². The third-order valence-electron chi connectivity index (χ3n) is 4.30. The zero-order valence-corrected chi connectivity index (χ0v) is 16.4. The van der Waals surface area contributed by atoms with Crippen LogP contribution in [0.4, 0.5) is 14.5 Å². The minimum atomic E-state index is -3.00. The number of aromatic nitrogens is 3. The van der Waals surface area contributed by atoms with Gasteiger partial charge >= 0.3 is 6.61 Å². The van der Waals surface area contributed by atoms with E-state index in [1.54, 1.807) is 0 Å². The van der Waals surface area contributed by atoms with Gasteiger partial charge in [0, 0.05) is 25.2 Å². The summed E-state index contributed by atoms with van der Waals surface area (Å²) in [4.78, 5) is 28.8. The molecule has 0 fully saturated rings. The number of hydrogen-bond acceptors (Lipinski definition) is 7. The lowest BCUT2D eigenvalue weighted by molar-refractivity contribution is -0.384. The molecule has 0 saturated carbocycles. The van der Waals surface area contributed by atoms with Crippen LogP contribution in [0.5, 0.6) is 11.5 Å². The zero-order chi connectivity index (χ0) is 22.5. The highest BCUT2D eigenvalue weighted by atomic mass is 19.3. The Hall–Kier alpha value is -4.09.